The number of hydrogen-bond donors (Lipinski definition) is 0. The van der Waals surface area contributed by atoms with Crippen LogP contribution in [0.3, 0.4) is 0 Å². The smallest absolute Gasteiger partial charge is 0.227 e. The second-order valence-electron chi connectivity index (χ2n) is 6.60. The molecule has 0 saturated carbocycles. The van der Waals surface area contributed by atoms with Gasteiger partial charge in [-0.25, -0.2) is 0 Å². The van der Waals surface area contributed by atoms with Crippen LogP contribution in [0.4, 0.5) is 0 Å². The van der Waals surface area contributed by atoms with Crippen LogP contribution in [0.2, 0.25) is 5.02 Å². The Kier molecular flexibility index (Phi) is 6.35. The fourth-order valence-corrected chi connectivity index (χ4v) is 3.38. The van der Waals surface area contributed by atoms with E-state index < -0.39 is 0 Å². The number of nitrogens with zero attached hydrogens (tertiary/aromatic N) is 2. The summed E-state index contributed by atoms with van der Waals surface area (Å²) in [7, 11) is 1.63. The molecule has 2 aromatic rings. The average molecular weight is 387 g/mol. The Morgan fingerprint density at radius 3 is 2.56 bits per heavy atom. The third-order valence-electron chi connectivity index (χ3n) is 4.72. The second kappa shape index (κ2) is 8.91. The van der Waals surface area contributed by atoms with E-state index in [1.54, 1.807) is 24.1 Å². The van der Waals surface area contributed by atoms with E-state index in [0.717, 1.165) is 16.9 Å². The molecule has 1 heterocycles. The second-order valence-corrected chi connectivity index (χ2v) is 7.04. The summed E-state index contributed by atoms with van der Waals surface area (Å²) in [6.07, 6.45) is 0.644. The third kappa shape index (κ3) is 5.23. The van der Waals surface area contributed by atoms with Crippen LogP contribution in [0, 0.1) is 0 Å². The number of halogens is 1. The lowest BCUT2D eigenvalue weighted by Crippen LogP contribution is -2.36. The highest BCUT2D eigenvalue weighted by Gasteiger charge is 2.24. The highest BCUT2D eigenvalue weighted by molar-refractivity contribution is 6.30. The Morgan fingerprint density at radius 1 is 1.07 bits per heavy atom. The molecule has 2 amide bonds. The Balaban J connectivity index is 1.59. The van der Waals surface area contributed by atoms with E-state index in [0.29, 0.717) is 44.0 Å². The van der Waals surface area contributed by atoms with Gasteiger partial charge in [0, 0.05) is 37.6 Å². The quantitative estimate of drug-likeness (QED) is 0.793. The van der Waals surface area contributed by atoms with Crippen molar-refractivity contribution < 1.29 is 14.3 Å². The van der Waals surface area contributed by atoms with Gasteiger partial charge in [-0.2, -0.15) is 0 Å². The molecule has 142 valence electrons. The average Bonchev–Trinajstić information content (AvgIpc) is 2.84. The molecule has 1 fully saturated rings. The van der Waals surface area contributed by atoms with E-state index in [4.69, 9.17) is 16.3 Å². The van der Waals surface area contributed by atoms with Gasteiger partial charge in [-0.05, 0) is 35.4 Å². The molecule has 0 bridgehead atoms. The Morgan fingerprint density at radius 2 is 1.85 bits per heavy atom. The predicted octanol–water partition coefficient (Wildman–Crippen LogP) is 3.15. The van der Waals surface area contributed by atoms with E-state index in [-0.39, 0.29) is 11.8 Å². The summed E-state index contributed by atoms with van der Waals surface area (Å²) >= 11 is 5.99. The van der Waals surface area contributed by atoms with Crippen molar-refractivity contribution in [1.82, 2.24) is 9.80 Å². The maximum Gasteiger partial charge on any atom is 0.227 e. The van der Waals surface area contributed by atoms with Gasteiger partial charge in [0.2, 0.25) is 11.8 Å². The normalized spacial score (nSPS) is 14.8. The number of methoxy groups -OCH3 is 1. The molecule has 3 rings (SSSR count). The molecule has 5 nitrogen and oxygen atoms in total. The monoisotopic (exact) mass is 386 g/mol. The molecule has 0 unspecified atom stereocenters. The van der Waals surface area contributed by atoms with E-state index >= 15 is 0 Å². The fourth-order valence-electron chi connectivity index (χ4n) is 3.17. The number of amides is 2. The van der Waals surface area contributed by atoms with Crippen molar-refractivity contribution >= 4 is 23.4 Å². The van der Waals surface area contributed by atoms with Crippen molar-refractivity contribution in [3.8, 4) is 5.75 Å². The zero-order valence-corrected chi connectivity index (χ0v) is 16.1. The molecule has 6 heteroatoms. The van der Waals surface area contributed by atoms with Gasteiger partial charge in [0.05, 0.1) is 13.5 Å². The lowest BCUT2D eigenvalue weighted by molar-refractivity contribution is -0.130. The third-order valence-corrected chi connectivity index (χ3v) is 4.95. The topological polar surface area (TPSA) is 49.9 Å². The van der Waals surface area contributed by atoms with Crippen LogP contribution < -0.4 is 4.74 Å². The number of ether oxygens (including phenoxy) is 1. The van der Waals surface area contributed by atoms with Crippen molar-refractivity contribution in [2.75, 3.05) is 26.7 Å². The van der Waals surface area contributed by atoms with Gasteiger partial charge in [-0.15, -0.1) is 0 Å². The first-order valence-electron chi connectivity index (χ1n) is 8.98. The summed E-state index contributed by atoms with van der Waals surface area (Å²) in [5.41, 5.74) is 1.93. The summed E-state index contributed by atoms with van der Waals surface area (Å²) in [6, 6.07) is 15.0. The maximum atomic E-state index is 12.6. The molecule has 1 aliphatic heterocycles. The minimum absolute atomic E-state index is 0.0244. The van der Waals surface area contributed by atoms with Gasteiger partial charge >= 0.3 is 0 Å². The summed E-state index contributed by atoms with van der Waals surface area (Å²) in [5, 5.41) is 0.622. The molecule has 2 aromatic carbocycles. The van der Waals surface area contributed by atoms with Crippen LogP contribution in [0.1, 0.15) is 17.5 Å². The largest absolute Gasteiger partial charge is 0.497 e. The summed E-state index contributed by atoms with van der Waals surface area (Å²) in [5.74, 6) is 0.888. The van der Waals surface area contributed by atoms with E-state index in [9.17, 15) is 9.59 Å². The molecule has 0 aliphatic carbocycles. The number of benzene rings is 2. The van der Waals surface area contributed by atoms with Gasteiger partial charge in [-0.1, -0.05) is 35.9 Å². The first-order valence-corrected chi connectivity index (χ1v) is 9.36. The van der Waals surface area contributed by atoms with Gasteiger partial charge in [0.1, 0.15) is 5.75 Å². The zero-order valence-electron chi connectivity index (χ0n) is 15.4. The molecular weight excluding hydrogens is 364 g/mol. The lowest BCUT2D eigenvalue weighted by Gasteiger charge is -2.22. The van der Waals surface area contributed by atoms with Gasteiger partial charge < -0.3 is 14.5 Å². The summed E-state index contributed by atoms with van der Waals surface area (Å²) in [6.45, 7) is 2.07. The Labute approximate surface area is 164 Å². The Bertz CT molecular complexity index is 807. The van der Waals surface area contributed by atoms with Crippen LogP contribution in [0.25, 0.3) is 0 Å². The first kappa shape index (κ1) is 19.2. The van der Waals surface area contributed by atoms with E-state index in [2.05, 4.69) is 0 Å². The number of carbonyl (C=O) groups is 2. The fraction of sp³-hybridized carbons (Fsp3) is 0.333. The zero-order chi connectivity index (χ0) is 19.2. The SMILES string of the molecule is COc1ccc(CN2CCN(C(=O)Cc3cccc(Cl)c3)CCC2=O)cc1. The van der Waals surface area contributed by atoms with Crippen molar-refractivity contribution in [3.63, 3.8) is 0 Å². The first-order chi connectivity index (χ1) is 13.0. The Hall–Kier alpha value is -2.53. The van der Waals surface area contributed by atoms with Crippen molar-refractivity contribution in [2.45, 2.75) is 19.4 Å². The minimum atomic E-state index is 0.0244. The van der Waals surface area contributed by atoms with Gasteiger partial charge in [0.15, 0.2) is 0 Å². The van der Waals surface area contributed by atoms with Gasteiger partial charge in [-0.3, -0.25) is 9.59 Å². The van der Waals surface area contributed by atoms with Crippen LogP contribution in [-0.4, -0.2) is 48.4 Å². The minimum Gasteiger partial charge on any atom is -0.497 e. The lowest BCUT2D eigenvalue weighted by atomic mass is 10.1. The molecule has 0 aromatic heterocycles. The highest BCUT2D eigenvalue weighted by Crippen LogP contribution is 2.16. The number of rotatable bonds is 5. The molecule has 1 saturated heterocycles. The molecule has 27 heavy (non-hydrogen) atoms. The standard InChI is InChI=1S/C21H23ClN2O3/c1-27-19-7-5-16(6-8-19)15-24-12-11-23(10-9-20(24)25)21(26)14-17-3-2-4-18(22)13-17/h2-8,13H,9-12,14-15H2,1H3. The molecule has 0 radical (unpaired) electrons. The molecular formula is C21H23ClN2O3. The highest BCUT2D eigenvalue weighted by atomic mass is 35.5. The van der Waals surface area contributed by atoms with Crippen LogP contribution in [-0.2, 0) is 22.6 Å². The van der Waals surface area contributed by atoms with Crippen LogP contribution in [0.15, 0.2) is 48.5 Å². The van der Waals surface area contributed by atoms with Gasteiger partial charge in [0.25, 0.3) is 0 Å². The van der Waals surface area contributed by atoms with Crippen LogP contribution >= 0.6 is 11.6 Å². The van der Waals surface area contributed by atoms with Crippen molar-refractivity contribution in [1.29, 1.82) is 0 Å². The molecule has 1 aliphatic rings. The van der Waals surface area contributed by atoms with E-state index in [1.807, 2.05) is 41.3 Å². The molecule has 0 N–H and O–H groups in total. The van der Waals surface area contributed by atoms with Crippen molar-refractivity contribution in [3.05, 3.63) is 64.7 Å². The van der Waals surface area contributed by atoms with E-state index in [1.165, 1.54) is 0 Å². The summed E-state index contributed by atoms with van der Waals surface area (Å²) in [4.78, 5) is 28.7. The number of carbonyl (C=O) groups excluding carboxylic acids is 2. The predicted molar refractivity (Wildman–Crippen MR) is 105 cm³/mol. The van der Waals surface area contributed by atoms with Crippen LogP contribution in [0.5, 0.6) is 5.75 Å². The number of hydrogen-bond acceptors (Lipinski definition) is 3. The maximum absolute atomic E-state index is 12.6. The summed E-state index contributed by atoms with van der Waals surface area (Å²) < 4.78 is 5.16. The molecule has 0 spiro atoms. The molecule has 0 atom stereocenters. The van der Waals surface area contributed by atoms with Crippen molar-refractivity contribution in [2.24, 2.45) is 0 Å².